The summed E-state index contributed by atoms with van der Waals surface area (Å²) < 4.78 is 5.45. The van der Waals surface area contributed by atoms with Crippen LogP contribution in [-0.4, -0.2) is 46.1 Å². The Morgan fingerprint density at radius 1 is 0.950 bits per heavy atom. The van der Waals surface area contributed by atoms with Gasteiger partial charge < -0.3 is 25.4 Å². The number of nitrogens with one attached hydrogen (secondary N) is 2. The Morgan fingerprint density at radius 2 is 1.62 bits per heavy atom. The van der Waals surface area contributed by atoms with E-state index in [2.05, 4.69) is 10.6 Å². The van der Waals surface area contributed by atoms with Crippen molar-refractivity contribution in [3.05, 3.63) is 95.1 Å². The predicted octanol–water partition coefficient (Wildman–Crippen LogP) is 5.67. The third-order valence-corrected chi connectivity index (χ3v) is 6.31. The highest BCUT2D eigenvalue weighted by Crippen LogP contribution is 2.26. The second-order valence-electron chi connectivity index (χ2n) is 10.8. The van der Waals surface area contributed by atoms with E-state index in [9.17, 15) is 19.5 Å². The number of hydrogen-bond donors (Lipinski definition) is 3. The van der Waals surface area contributed by atoms with Gasteiger partial charge in [0.1, 0.15) is 23.4 Å². The first-order chi connectivity index (χ1) is 18.9. The number of hydrogen-bond acceptors (Lipinski definition) is 5. The molecule has 40 heavy (non-hydrogen) atoms. The maximum absolute atomic E-state index is 14.2. The standard InChI is InChI=1S/C32H39N3O5/c1-7-35(28(24-13-10-11-21(2)19-24)29(37)33-26-14-9-8-12-22(26)3)30(38)27(34-31(39)40-32(4,5)6)20-23-15-17-25(36)18-16-23/h8-19,27-28,36H,7,20H2,1-6H3,(H,33,37)(H,34,39). The molecule has 8 nitrogen and oxygen atoms in total. The topological polar surface area (TPSA) is 108 Å². The number of rotatable bonds is 9. The largest absolute Gasteiger partial charge is 0.508 e. The van der Waals surface area contributed by atoms with Gasteiger partial charge in [-0.15, -0.1) is 0 Å². The number of alkyl carbamates (subject to hydrolysis) is 1. The summed E-state index contributed by atoms with van der Waals surface area (Å²) in [6.07, 6.45) is -0.605. The number of anilines is 1. The van der Waals surface area contributed by atoms with Crippen LogP contribution in [0.1, 0.15) is 56.0 Å². The predicted molar refractivity (Wildman–Crippen MR) is 156 cm³/mol. The first-order valence-corrected chi connectivity index (χ1v) is 13.4. The van der Waals surface area contributed by atoms with Gasteiger partial charge in [0.2, 0.25) is 5.91 Å². The number of carbonyl (C=O) groups is 3. The molecule has 0 aliphatic heterocycles. The number of aromatic hydroxyl groups is 1. The monoisotopic (exact) mass is 545 g/mol. The van der Waals surface area contributed by atoms with Crippen molar-refractivity contribution < 1.29 is 24.2 Å². The molecule has 0 spiro atoms. The molecule has 0 saturated carbocycles. The van der Waals surface area contributed by atoms with Gasteiger partial charge in [0.15, 0.2) is 0 Å². The van der Waals surface area contributed by atoms with Gasteiger partial charge in [-0.1, -0.05) is 60.2 Å². The number of aryl methyl sites for hydroxylation is 2. The van der Waals surface area contributed by atoms with Crippen LogP contribution in [-0.2, 0) is 20.7 Å². The number of phenols is 1. The summed E-state index contributed by atoms with van der Waals surface area (Å²) in [6, 6.07) is 19.4. The molecule has 3 N–H and O–H groups in total. The summed E-state index contributed by atoms with van der Waals surface area (Å²) in [5.74, 6) is -0.710. The van der Waals surface area contributed by atoms with Crippen LogP contribution in [0.5, 0.6) is 5.75 Å². The van der Waals surface area contributed by atoms with Crippen LogP contribution in [0, 0.1) is 13.8 Å². The minimum atomic E-state index is -1.03. The van der Waals surface area contributed by atoms with Crippen molar-refractivity contribution in [2.75, 3.05) is 11.9 Å². The smallest absolute Gasteiger partial charge is 0.408 e. The minimum absolute atomic E-state index is 0.0919. The highest BCUT2D eigenvalue weighted by atomic mass is 16.6. The van der Waals surface area contributed by atoms with Crippen molar-refractivity contribution in [2.24, 2.45) is 0 Å². The Morgan fingerprint density at radius 3 is 2.23 bits per heavy atom. The van der Waals surface area contributed by atoms with Gasteiger partial charge in [0, 0.05) is 18.7 Å². The molecule has 8 heteroatoms. The van der Waals surface area contributed by atoms with Crippen molar-refractivity contribution in [3.63, 3.8) is 0 Å². The third kappa shape index (κ3) is 8.33. The molecule has 0 aromatic heterocycles. The number of ether oxygens (including phenoxy) is 1. The normalized spacial score (nSPS) is 12.7. The van der Waals surface area contributed by atoms with Crippen LogP contribution in [0.25, 0.3) is 0 Å². The molecule has 2 atom stereocenters. The second-order valence-corrected chi connectivity index (χ2v) is 10.8. The molecule has 0 bridgehead atoms. The fourth-order valence-corrected chi connectivity index (χ4v) is 4.41. The summed E-state index contributed by atoms with van der Waals surface area (Å²) >= 11 is 0. The van der Waals surface area contributed by atoms with Crippen molar-refractivity contribution in [2.45, 2.75) is 65.6 Å². The van der Waals surface area contributed by atoms with Gasteiger partial charge >= 0.3 is 6.09 Å². The van der Waals surface area contributed by atoms with Crippen molar-refractivity contribution >= 4 is 23.6 Å². The van der Waals surface area contributed by atoms with Crippen LogP contribution in [0.2, 0.25) is 0 Å². The average molecular weight is 546 g/mol. The molecule has 0 heterocycles. The Kier molecular flexibility index (Phi) is 9.93. The average Bonchev–Trinajstić information content (AvgIpc) is 2.88. The molecule has 2 unspecified atom stereocenters. The molecule has 3 amide bonds. The lowest BCUT2D eigenvalue weighted by molar-refractivity contribution is -0.140. The number of amides is 3. The van der Waals surface area contributed by atoms with Crippen LogP contribution < -0.4 is 10.6 Å². The maximum Gasteiger partial charge on any atom is 0.408 e. The quantitative estimate of drug-likeness (QED) is 0.321. The van der Waals surface area contributed by atoms with Gasteiger partial charge in [-0.25, -0.2) is 4.79 Å². The Balaban J connectivity index is 2.01. The molecule has 0 aliphatic carbocycles. The van der Waals surface area contributed by atoms with E-state index in [-0.39, 0.29) is 24.6 Å². The molecule has 0 saturated heterocycles. The highest BCUT2D eigenvalue weighted by molar-refractivity contribution is 5.99. The van der Waals surface area contributed by atoms with Crippen LogP contribution in [0.15, 0.2) is 72.8 Å². The van der Waals surface area contributed by atoms with Gasteiger partial charge in [-0.2, -0.15) is 0 Å². The van der Waals surface area contributed by atoms with E-state index in [1.807, 2.05) is 62.4 Å². The van der Waals surface area contributed by atoms with Crippen molar-refractivity contribution in [1.82, 2.24) is 10.2 Å². The van der Waals surface area contributed by atoms with Crippen LogP contribution >= 0.6 is 0 Å². The molecular formula is C32H39N3O5. The lowest BCUT2D eigenvalue weighted by atomic mass is 9.99. The molecule has 0 fully saturated rings. The number of phenolic OH excluding ortho intramolecular Hbond substituents is 1. The third-order valence-electron chi connectivity index (χ3n) is 6.31. The Labute approximate surface area is 236 Å². The maximum atomic E-state index is 14.2. The zero-order valence-corrected chi connectivity index (χ0v) is 24.0. The summed E-state index contributed by atoms with van der Waals surface area (Å²) in [4.78, 5) is 42.3. The van der Waals surface area contributed by atoms with E-state index >= 15 is 0 Å². The van der Waals surface area contributed by atoms with E-state index in [4.69, 9.17) is 4.74 Å². The molecular weight excluding hydrogens is 506 g/mol. The summed E-state index contributed by atoms with van der Waals surface area (Å²) in [7, 11) is 0. The second kappa shape index (κ2) is 13.2. The molecule has 212 valence electrons. The van der Waals surface area contributed by atoms with Crippen molar-refractivity contribution in [3.8, 4) is 5.75 Å². The molecule has 3 aromatic rings. The molecule has 0 radical (unpaired) electrons. The molecule has 0 aliphatic rings. The lowest BCUT2D eigenvalue weighted by Gasteiger charge is -2.34. The van der Waals surface area contributed by atoms with E-state index in [1.54, 1.807) is 39.8 Å². The summed E-state index contributed by atoms with van der Waals surface area (Å²) in [5, 5.41) is 15.4. The van der Waals surface area contributed by atoms with Crippen molar-refractivity contribution in [1.29, 1.82) is 0 Å². The number of carbonyl (C=O) groups excluding carboxylic acids is 3. The van der Waals surface area contributed by atoms with Gasteiger partial charge in [0.25, 0.3) is 5.91 Å². The SMILES string of the molecule is CCN(C(=O)C(Cc1ccc(O)cc1)NC(=O)OC(C)(C)C)C(C(=O)Nc1ccccc1C)c1cccc(C)c1. The number of nitrogens with zero attached hydrogens (tertiary/aromatic N) is 1. The van der Waals surface area contributed by atoms with E-state index < -0.39 is 29.7 Å². The highest BCUT2D eigenvalue weighted by Gasteiger charge is 2.36. The Hall–Kier alpha value is -4.33. The number of para-hydroxylation sites is 1. The minimum Gasteiger partial charge on any atom is -0.508 e. The molecule has 3 aromatic carbocycles. The van der Waals surface area contributed by atoms with Gasteiger partial charge in [-0.3, -0.25) is 9.59 Å². The lowest BCUT2D eigenvalue weighted by Crippen LogP contribution is -2.53. The zero-order chi connectivity index (χ0) is 29.4. The first-order valence-electron chi connectivity index (χ1n) is 13.4. The fraction of sp³-hybridized carbons (Fsp3) is 0.344. The van der Waals surface area contributed by atoms with E-state index in [0.717, 1.165) is 16.7 Å². The first kappa shape index (κ1) is 30.2. The fourth-order valence-electron chi connectivity index (χ4n) is 4.41. The van der Waals surface area contributed by atoms with Crippen LogP contribution in [0.4, 0.5) is 10.5 Å². The number of likely N-dealkylation sites (N-methyl/N-ethyl adjacent to an activating group) is 1. The number of benzene rings is 3. The summed E-state index contributed by atoms with van der Waals surface area (Å²) in [6.45, 7) is 11.1. The summed E-state index contributed by atoms with van der Waals surface area (Å²) in [5.41, 5.74) is 3.10. The van der Waals surface area contributed by atoms with Gasteiger partial charge in [0.05, 0.1) is 0 Å². The van der Waals surface area contributed by atoms with E-state index in [0.29, 0.717) is 11.3 Å². The molecule has 3 rings (SSSR count). The zero-order valence-electron chi connectivity index (χ0n) is 24.0. The van der Waals surface area contributed by atoms with Gasteiger partial charge in [-0.05, 0) is 76.4 Å². The van der Waals surface area contributed by atoms with E-state index in [1.165, 1.54) is 17.0 Å². The van der Waals surface area contributed by atoms with Crippen LogP contribution in [0.3, 0.4) is 0 Å². The Bertz CT molecular complexity index is 1330.